The van der Waals surface area contributed by atoms with E-state index in [1.807, 2.05) is 0 Å². The zero-order valence-corrected chi connectivity index (χ0v) is 28.2. The molecule has 0 spiro atoms. The van der Waals surface area contributed by atoms with E-state index in [9.17, 15) is 0 Å². The first-order chi connectivity index (χ1) is 21.0. The molecule has 0 saturated carbocycles. The van der Waals surface area contributed by atoms with Crippen molar-refractivity contribution in [3.8, 4) is 0 Å². The van der Waals surface area contributed by atoms with Crippen molar-refractivity contribution in [1.82, 2.24) is 9.78 Å². The maximum Gasteiger partial charge on any atom is 0.179 e. The van der Waals surface area contributed by atoms with E-state index in [4.69, 9.17) is 28.8 Å². The summed E-state index contributed by atoms with van der Waals surface area (Å²) < 4.78 is 35.1. The van der Waals surface area contributed by atoms with Gasteiger partial charge in [-0.15, -0.1) is 0 Å². The Morgan fingerprint density at radius 3 is 1.81 bits per heavy atom. The molecule has 1 fully saturated rings. The molecule has 244 valence electrons. The molecule has 2 heterocycles. The molecule has 1 aliphatic rings. The lowest BCUT2D eigenvalue weighted by atomic mass is 9.96. The third-order valence-corrected chi connectivity index (χ3v) is 8.49. The van der Waals surface area contributed by atoms with Crippen molar-refractivity contribution in [3.63, 3.8) is 0 Å². The molecule has 1 aromatic carbocycles. The molecule has 7 nitrogen and oxygen atoms in total. The number of aryl methyl sites for hydroxylation is 2. The van der Waals surface area contributed by atoms with Crippen molar-refractivity contribution in [3.05, 3.63) is 52.3 Å². The van der Waals surface area contributed by atoms with Crippen LogP contribution in [-0.4, -0.2) is 67.2 Å². The van der Waals surface area contributed by atoms with E-state index in [0.717, 1.165) is 75.6 Å². The molecule has 0 N–H and O–H groups in total. The molecule has 7 heteroatoms. The minimum atomic E-state index is -0.441. The van der Waals surface area contributed by atoms with Crippen LogP contribution >= 0.6 is 0 Å². The highest BCUT2D eigenvalue weighted by molar-refractivity contribution is 5.33. The molecule has 1 aromatic heterocycles. The topological polar surface area (TPSA) is 64.0 Å². The third kappa shape index (κ3) is 10.4. The fourth-order valence-electron chi connectivity index (χ4n) is 5.63. The highest BCUT2D eigenvalue weighted by Gasteiger charge is 2.49. The first kappa shape index (κ1) is 35.7. The van der Waals surface area contributed by atoms with Gasteiger partial charge in [0, 0.05) is 44.1 Å². The second-order valence-electron chi connectivity index (χ2n) is 12.0. The molecule has 1 saturated heterocycles. The molecular formula is C36H60N2O5. The molecule has 0 aliphatic carbocycles. The Bertz CT molecular complexity index is 1020. The summed E-state index contributed by atoms with van der Waals surface area (Å²) in [4.78, 5) is 0. The summed E-state index contributed by atoms with van der Waals surface area (Å²) in [5.74, 6) is 0. The quantitative estimate of drug-likeness (QED) is 0.136. The van der Waals surface area contributed by atoms with Crippen LogP contribution in [0.25, 0.3) is 0 Å². The van der Waals surface area contributed by atoms with Gasteiger partial charge in [0.05, 0.1) is 12.3 Å². The average Bonchev–Trinajstić information content (AvgIpc) is 3.29. The molecule has 43 heavy (non-hydrogen) atoms. The third-order valence-electron chi connectivity index (χ3n) is 8.49. The molecule has 2 aromatic rings. The van der Waals surface area contributed by atoms with Gasteiger partial charge in [0.1, 0.15) is 24.4 Å². The lowest BCUT2D eigenvalue weighted by Crippen LogP contribution is -2.60. The summed E-state index contributed by atoms with van der Waals surface area (Å²) in [7, 11) is 0. The van der Waals surface area contributed by atoms with Gasteiger partial charge in [-0.05, 0) is 57.1 Å². The van der Waals surface area contributed by atoms with E-state index in [2.05, 4.69) is 77.4 Å². The Kier molecular flexibility index (Phi) is 16.3. The lowest BCUT2D eigenvalue weighted by Gasteiger charge is -2.46. The summed E-state index contributed by atoms with van der Waals surface area (Å²) >= 11 is 0. The van der Waals surface area contributed by atoms with E-state index < -0.39 is 6.23 Å². The molecule has 0 bridgehead atoms. The summed E-state index contributed by atoms with van der Waals surface area (Å²) in [6.45, 7) is 18.3. The van der Waals surface area contributed by atoms with Crippen LogP contribution in [0.3, 0.4) is 0 Å². The molecule has 0 amide bonds. The van der Waals surface area contributed by atoms with Gasteiger partial charge in [-0.25, -0.2) is 4.68 Å². The van der Waals surface area contributed by atoms with Crippen LogP contribution in [0.2, 0.25) is 0 Å². The summed E-state index contributed by atoms with van der Waals surface area (Å²) in [6.07, 6.45) is 8.52. The van der Waals surface area contributed by atoms with Crippen LogP contribution in [0.5, 0.6) is 0 Å². The van der Waals surface area contributed by atoms with Crippen LogP contribution in [0.4, 0.5) is 0 Å². The van der Waals surface area contributed by atoms with Gasteiger partial charge < -0.3 is 23.7 Å². The minimum absolute atomic E-state index is 0.276. The Hall–Kier alpha value is -1.77. The molecule has 3 rings (SSSR count). The lowest BCUT2D eigenvalue weighted by molar-refractivity contribution is -0.286. The van der Waals surface area contributed by atoms with Crippen molar-refractivity contribution in [2.24, 2.45) is 0 Å². The summed E-state index contributed by atoms with van der Waals surface area (Å²) in [5, 5.41) is 5.09. The fourth-order valence-corrected chi connectivity index (χ4v) is 5.63. The zero-order valence-electron chi connectivity index (χ0n) is 28.2. The van der Waals surface area contributed by atoms with Crippen LogP contribution < -0.4 is 0 Å². The standard InChI is InChI=1S/C36H60N2O5/c1-8-13-21-39-26-32-33(40-22-14-9-2)34(41-23-15-10-3)35(42-24-16-11-4)36(43-32)38-28(7)31(27(6)37-38)25-30-19-17-29(12-5)18-20-30/h17-20,32-36H,8-16,21-26H2,1-7H3/t32-,33-,34+,35-,36-/m1/s1. The molecule has 5 atom stereocenters. The zero-order chi connectivity index (χ0) is 31.0. The Morgan fingerprint density at radius 2 is 1.23 bits per heavy atom. The SMILES string of the molecule is CCCCOC[C@H]1O[C@@H](n2nc(C)c(Cc3ccc(CC)cc3)c2C)[C@H](OCCCC)[C@@H](OCCCC)[C@@H]1OCCCC. The Labute approximate surface area is 262 Å². The number of aromatic nitrogens is 2. The first-order valence-corrected chi connectivity index (χ1v) is 17.2. The normalized spacial score (nSPS) is 22.3. The van der Waals surface area contributed by atoms with E-state index in [1.165, 1.54) is 16.7 Å². The second-order valence-corrected chi connectivity index (χ2v) is 12.0. The monoisotopic (exact) mass is 600 g/mol. The molecule has 0 radical (unpaired) electrons. The Balaban J connectivity index is 1.99. The van der Waals surface area contributed by atoms with Gasteiger partial charge in [0.15, 0.2) is 6.23 Å². The molecular weight excluding hydrogens is 540 g/mol. The van der Waals surface area contributed by atoms with Gasteiger partial charge in [0.25, 0.3) is 0 Å². The van der Waals surface area contributed by atoms with Crippen molar-refractivity contribution in [2.45, 2.75) is 143 Å². The fraction of sp³-hybridized carbons (Fsp3) is 0.750. The largest absolute Gasteiger partial charge is 0.379 e. The number of hydrogen-bond acceptors (Lipinski definition) is 6. The maximum absolute atomic E-state index is 6.95. The van der Waals surface area contributed by atoms with Crippen molar-refractivity contribution < 1.29 is 23.7 Å². The van der Waals surface area contributed by atoms with Crippen molar-refractivity contribution >= 4 is 0 Å². The number of hydrogen-bond donors (Lipinski definition) is 0. The van der Waals surface area contributed by atoms with Crippen molar-refractivity contribution in [2.75, 3.05) is 33.0 Å². The molecule has 1 aliphatic heterocycles. The van der Waals surface area contributed by atoms with Gasteiger partial charge in [0.2, 0.25) is 0 Å². The number of nitrogens with zero attached hydrogens (tertiary/aromatic N) is 2. The maximum atomic E-state index is 6.95. The number of rotatable bonds is 21. The van der Waals surface area contributed by atoms with Crippen molar-refractivity contribution in [1.29, 1.82) is 0 Å². The number of unbranched alkanes of at least 4 members (excludes halogenated alkanes) is 4. The average molecular weight is 601 g/mol. The van der Waals surface area contributed by atoms with E-state index >= 15 is 0 Å². The first-order valence-electron chi connectivity index (χ1n) is 17.2. The highest BCUT2D eigenvalue weighted by atomic mass is 16.6. The van der Waals surface area contributed by atoms with Gasteiger partial charge in [-0.2, -0.15) is 5.10 Å². The molecule has 0 unspecified atom stereocenters. The second kappa shape index (κ2) is 19.6. The van der Waals surface area contributed by atoms with Crippen LogP contribution in [-0.2, 0) is 36.5 Å². The Morgan fingerprint density at radius 1 is 0.698 bits per heavy atom. The summed E-state index contributed by atoms with van der Waals surface area (Å²) in [6, 6.07) is 8.93. The van der Waals surface area contributed by atoms with Gasteiger partial charge in [-0.1, -0.05) is 84.6 Å². The smallest absolute Gasteiger partial charge is 0.179 e. The number of ether oxygens (including phenoxy) is 5. The predicted molar refractivity (Wildman–Crippen MR) is 174 cm³/mol. The van der Waals surface area contributed by atoms with E-state index in [0.29, 0.717) is 33.0 Å². The van der Waals surface area contributed by atoms with E-state index in [1.54, 1.807) is 0 Å². The predicted octanol–water partition coefficient (Wildman–Crippen LogP) is 7.92. The van der Waals surface area contributed by atoms with Crippen LogP contribution in [0, 0.1) is 13.8 Å². The van der Waals surface area contributed by atoms with E-state index in [-0.39, 0.29) is 24.4 Å². The highest BCUT2D eigenvalue weighted by Crippen LogP contribution is 2.36. The van der Waals surface area contributed by atoms with Crippen LogP contribution in [0.15, 0.2) is 24.3 Å². The minimum Gasteiger partial charge on any atom is -0.379 e. The van der Waals surface area contributed by atoms with Gasteiger partial charge >= 0.3 is 0 Å². The van der Waals surface area contributed by atoms with Gasteiger partial charge in [-0.3, -0.25) is 0 Å². The summed E-state index contributed by atoms with van der Waals surface area (Å²) in [5.41, 5.74) is 6.01. The van der Waals surface area contributed by atoms with Crippen LogP contribution in [0.1, 0.15) is 120 Å². The number of benzene rings is 1.